The molecule has 1 saturated heterocycles. The van der Waals surface area contributed by atoms with Crippen LogP contribution in [0.2, 0.25) is 0 Å². The summed E-state index contributed by atoms with van der Waals surface area (Å²) in [5, 5.41) is 0. The summed E-state index contributed by atoms with van der Waals surface area (Å²) in [6, 6.07) is 21.4. The first-order valence-electron chi connectivity index (χ1n) is 8.78. The number of aromatic nitrogens is 1. The predicted octanol–water partition coefficient (Wildman–Crippen LogP) is 4.25. The fourth-order valence-corrected chi connectivity index (χ4v) is 3.24. The lowest BCUT2D eigenvalue weighted by molar-refractivity contribution is 0.0341. The van der Waals surface area contributed by atoms with Crippen LogP contribution in [0.5, 0.6) is 0 Å². The number of morpholine rings is 1. The van der Waals surface area contributed by atoms with Gasteiger partial charge in [0.25, 0.3) is 0 Å². The van der Waals surface area contributed by atoms with Crippen molar-refractivity contribution in [1.29, 1.82) is 0 Å². The molecule has 0 unspecified atom stereocenters. The fourth-order valence-electron chi connectivity index (χ4n) is 3.24. The van der Waals surface area contributed by atoms with Crippen LogP contribution in [0, 0.1) is 0 Å². The van der Waals surface area contributed by atoms with Crippen LogP contribution in [-0.4, -0.2) is 36.2 Å². The van der Waals surface area contributed by atoms with Crippen molar-refractivity contribution in [2.45, 2.75) is 6.54 Å². The second kappa shape index (κ2) is 7.60. The largest absolute Gasteiger partial charge is 0.379 e. The van der Waals surface area contributed by atoms with E-state index in [1.54, 1.807) is 0 Å². The maximum atomic E-state index is 5.42. The van der Waals surface area contributed by atoms with Crippen molar-refractivity contribution in [2.75, 3.05) is 26.3 Å². The molecule has 0 N–H and O–H groups in total. The van der Waals surface area contributed by atoms with Crippen molar-refractivity contribution in [3.05, 3.63) is 78.6 Å². The molecule has 0 saturated carbocycles. The Morgan fingerprint density at radius 2 is 1.40 bits per heavy atom. The highest BCUT2D eigenvalue weighted by Crippen LogP contribution is 2.25. The molecule has 0 atom stereocenters. The maximum absolute atomic E-state index is 5.42. The lowest BCUT2D eigenvalue weighted by Gasteiger charge is -2.26. The van der Waals surface area contributed by atoms with Gasteiger partial charge in [0.2, 0.25) is 0 Å². The van der Waals surface area contributed by atoms with Gasteiger partial charge in [-0.1, -0.05) is 54.6 Å². The summed E-state index contributed by atoms with van der Waals surface area (Å²) >= 11 is 0. The van der Waals surface area contributed by atoms with E-state index in [9.17, 15) is 0 Å². The number of pyridine rings is 1. The molecule has 1 aliphatic rings. The topological polar surface area (TPSA) is 25.4 Å². The van der Waals surface area contributed by atoms with E-state index >= 15 is 0 Å². The SMILES string of the molecule is c1ccc(-c2ccc(-c3cncc(CN4CCOCC4)c3)cc2)cc1. The number of benzene rings is 2. The number of ether oxygens (including phenoxy) is 1. The van der Waals surface area contributed by atoms with Crippen LogP contribution in [0.3, 0.4) is 0 Å². The van der Waals surface area contributed by atoms with E-state index in [1.807, 2.05) is 18.5 Å². The Labute approximate surface area is 148 Å². The summed E-state index contributed by atoms with van der Waals surface area (Å²) in [6.45, 7) is 4.58. The van der Waals surface area contributed by atoms with Crippen molar-refractivity contribution < 1.29 is 4.74 Å². The molecule has 0 amide bonds. The Kier molecular flexibility index (Phi) is 4.86. The van der Waals surface area contributed by atoms with Crippen LogP contribution < -0.4 is 0 Å². The van der Waals surface area contributed by atoms with E-state index in [4.69, 9.17) is 4.74 Å². The van der Waals surface area contributed by atoms with Crippen molar-refractivity contribution in [3.8, 4) is 22.3 Å². The van der Waals surface area contributed by atoms with Gasteiger partial charge in [-0.2, -0.15) is 0 Å². The van der Waals surface area contributed by atoms with Crippen molar-refractivity contribution >= 4 is 0 Å². The Hall–Kier alpha value is -2.49. The van der Waals surface area contributed by atoms with Crippen molar-refractivity contribution in [3.63, 3.8) is 0 Å². The van der Waals surface area contributed by atoms with Crippen molar-refractivity contribution in [2.24, 2.45) is 0 Å². The highest BCUT2D eigenvalue weighted by Gasteiger charge is 2.11. The van der Waals surface area contributed by atoms with Gasteiger partial charge in [-0.3, -0.25) is 9.88 Å². The summed E-state index contributed by atoms with van der Waals surface area (Å²) in [5.41, 5.74) is 6.11. The Balaban J connectivity index is 1.52. The van der Waals surface area contributed by atoms with E-state index in [2.05, 4.69) is 64.5 Å². The zero-order valence-corrected chi connectivity index (χ0v) is 14.3. The third-order valence-electron chi connectivity index (χ3n) is 4.63. The zero-order chi connectivity index (χ0) is 16.9. The van der Waals surface area contributed by atoms with Crippen LogP contribution in [0.15, 0.2) is 73.1 Å². The van der Waals surface area contributed by atoms with Gasteiger partial charge in [-0.25, -0.2) is 0 Å². The third kappa shape index (κ3) is 3.95. The first-order chi connectivity index (χ1) is 12.4. The molecule has 126 valence electrons. The van der Waals surface area contributed by atoms with Gasteiger partial charge in [-0.15, -0.1) is 0 Å². The Morgan fingerprint density at radius 1 is 0.760 bits per heavy atom. The monoisotopic (exact) mass is 330 g/mol. The Morgan fingerprint density at radius 3 is 2.12 bits per heavy atom. The van der Waals surface area contributed by atoms with Crippen LogP contribution in [0.1, 0.15) is 5.56 Å². The second-order valence-electron chi connectivity index (χ2n) is 6.41. The van der Waals surface area contributed by atoms with Gasteiger partial charge in [0.1, 0.15) is 0 Å². The molecule has 1 fully saturated rings. The summed E-state index contributed by atoms with van der Waals surface area (Å²) in [7, 11) is 0. The van der Waals surface area contributed by atoms with E-state index in [1.165, 1.54) is 27.8 Å². The summed E-state index contributed by atoms with van der Waals surface area (Å²) < 4.78 is 5.42. The summed E-state index contributed by atoms with van der Waals surface area (Å²) in [6.07, 6.45) is 3.91. The van der Waals surface area contributed by atoms with Gasteiger partial charge in [0.05, 0.1) is 13.2 Å². The minimum absolute atomic E-state index is 0.827. The highest BCUT2D eigenvalue weighted by atomic mass is 16.5. The number of hydrogen-bond donors (Lipinski definition) is 0. The molecule has 0 bridgehead atoms. The lowest BCUT2D eigenvalue weighted by Crippen LogP contribution is -2.35. The lowest BCUT2D eigenvalue weighted by atomic mass is 10.0. The number of hydrogen-bond acceptors (Lipinski definition) is 3. The van der Waals surface area contributed by atoms with Gasteiger partial charge >= 0.3 is 0 Å². The van der Waals surface area contributed by atoms with E-state index < -0.39 is 0 Å². The first-order valence-corrected chi connectivity index (χ1v) is 8.78. The molecule has 3 heteroatoms. The molecule has 3 nitrogen and oxygen atoms in total. The average molecular weight is 330 g/mol. The summed E-state index contributed by atoms with van der Waals surface area (Å²) in [5.74, 6) is 0. The maximum Gasteiger partial charge on any atom is 0.0594 e. The quantitative estimate of drug-likeness (QED) is 0.715. The minimum Gasteiger partial charge on any atom is -0.379 e. The molecule has 1 aliphatic heterocycles. The second-order valence-corrected chi connectivity index (χ2v) is 6.41. The third-order valence-corrected chi connectivity index (χ3v) is 4.63. The number of nitrogens with zero attached hydrogens (tertiary/aromatic N) is 2. The fraction of sp³-hybridized carbons (Fsp3) is 0.227. The molecule has 3 aromatic rings. The smallest absolute Gasteiger partial charge is 0.0594 e. The van der Waals surface area contributed by atoms with Crippen LogP contribution in [-0.2, 0) is 11.3 Å². The molecule has 1 aromatic heterocycles. The van der Waals surface area contributed by atoms with E-state index in [-0.39, 0.29) is 0 Å². The zero-order valence-electron chi connectivity index (χ0n) is 14.3. The average Bonchev–Trinajstić information content (AvgIpc) is 2.70. The van der Waals surface area contributed by atoms with E-state index in [0.717, 1.165) is 32.8 Å². The van der Waals surface area contributed by atoms with Crippen LogP contribution in [0.4, 0.5) is 0 Å². The van der Waals surface area contributed by atoms with Gasteiger partial charge in [-0.05, 0) is 28.3 Å². The predicted molar refractivity (Wildman–Crippen MR) is 101 cm³/mol. The van der Waals surface area contributed by atoms with Crippen LogP contribution in [0.25, 0.3) is 22.3 Å². The molecule has 25 heavy (non-hydrogen) atoms. The Bertz CT molecular complexity index is 809. The molecule has 0 aliphatic carbocycles. The molecule has 0 radical (unpaired) electrons. The van der Waals surface area contributed by atoms with Gasteiger partial charge in [0.15, 0.2) is 0 Å². The standard InChI is InChI=1S/C22H22N2O/c1-2-4-19(5-3-1)20-6-8-21(9-7-20)22-14-18(15-23-16-22)17-24-10-12-25-13-11-24/h1-9,14-16H,10-13,17H2. The highest BCUT2D eigenvalue weighted by molar-refractivity contribution is 5.70. The number of rotatable bonds is 4. The molecule has 4 rings (SSSR count). The molecule has 2 heterocycles. The van der Waals surface area contributed by atoms with Gasteiger partial charge < -0.3 is 4.74 Å². The van der Waals surface area contributed by atoms with Gasteiger partial charge in [0, 0.05) is 37.6 Å². The van der Waals surface area contributed by atoms with E-state index in [0.29, 0.717) is 0 Å². The molecule has 2 aromatic carbocycles. The normalized spacial score (nSPS) is 15.2. The van der Waals surface area contributed by atoms with Crippen LogP contribution >= 0.6 is 0 Å². The summed E-state index contributed by atoms with van der Waals surface area (Å²) in [4.78, 5) is 6.87. The molecular weight excluding hydrogens is 308 g/mol. The molecule has 0 spiro atoms. The minimum atomic E-state index is 0.827. The molecular formula is C22H22N2O. The first kappa shape index (κ1) is 16.0. The van der Waals surface area contributed by atoms with Crippen molar-refractivity contribution in [1.82, 2.24) is 9.88 Å².